The molecule has 2 aromatic heterocycles. The number of aromatic nitrogens is 3. The Balaban J connectivity index is 1.60. The molecular weight excluding hydrogens is 372 g/mol. The summed E-state index contributed by atoms with van der Waals surface area (Å²) in [5.41, 5.74) is 3.46. The molecule has 3 aromatic rings. The van der Waals surface area contributed by atoms with Crippen molar-refractivity contribution in [2.45, 2.75) is 39.8 Å². The van der Waals surface area contributed by atoms with Gasteiger partial charge >= 0.3 is 0 Å². The summed E-state index contributed by atoms with van der Waals surface area (Å²) >= 11 is 3.49. The highest BCUT2D eigenvalue weighted by atomic mass is 79.9. The Hall–Kier alpha value is -2.15. The Bertz CT molecular complexity index is 851. The lowest BCUT2D eigenvalue weighted by Gasteiger charge is -2.10. The number of fused-ring (bicyclic) bond motifs is 1. The monoisotopic (exact) mass is 390 g/mol. The van der Waals surface area contributed by atoms with Crippen molar-refractivity contribution < 1.29 is 9.21 Å². The number of rotatable bonds is 5. The summed E-state index contributed by atoms with van der Waals surface area (Å²) in [7, 11) is 0. The van der Waals surface area contributed by atoms with E-state index in [1.807, 2.05) is 49.7 Å². The van der Waals surface area contributed by atoms with Crippen molar-refractivity contribution in [3.8, 4) is 0 Å². The van der Waals surface area contributed by atoms with E-state index in [9.17, 15) is 4.79 Å². The van der Waals surface area contributed by atoms with Crippen LogP contribution in [0, 0.1) is 13.8 Å². The second kappa shape index (κ2) is 6.76. The molecule has 1 unspecified atom stereocenters. The Morgan fingerprint density at radius 1 is 1.38 bits per heavy atom. The highest BCUT2D eigenvalue weighted by Gasteiger charge is 2.16. The van der Waals surface area contributed by atoms with Gasteiger partial charge in [0, 0.05) is 12.1 Å². The van der Waals surface area contributed by atoms with E-state index >= 15 is 0 Å². The fourth-order valence-corrected chi connectivity index (χ4v) is 2.83. The minimum Gasteiger partial charge on any atom is -0.438 e. The third-order valence-electron chi connectivity index (χ3n) is 3.90. The molecule has 6 nitrogen and oxygen atoms in total. The molecule has 0 radical (unpaired) electrons. The molecule has 0 bridgehead atoms. The minimum absolute atomic E-state index is 0.0616. The third-order valence-corrected chi connectivity index (χ3v) is 5.05. The maximum absolute atomic E-state index is 12.2. The van der Waals surface area contributed by atoms with Crippen LogP contribution in [0.5, 0.6) is 0 Å². The second-order valence-electron chi connectivity index (χ2n) is 5.77. The average molecular weight is 391 g/mol. The first-order valence-electron chi connectivity index (χ1n) is 7.80. The molecule has 0 fully saturated rings. The summed E-state index contributed by atoms with van der Waals surface area (Å²) in [5.74, 6) is 0.451. The summed E-state index contributed by atoms with van der Waals surface area (Å²) < 4.78 is 8.51. The Morgan fingerprint density at radius 3 is 2.79 bits per heavy atom. The normalized spacial score (nSPS) is 12.5. The molecule has 3 rings (SSSR count). The van der Waals surface area contributed by atoms with Crippen molar-refractivity contribution in [3.05, 3.63) is 46.0 Å². The van der Waals surface area contributed by atoms with Crippen molar-refractivity contribution in [2.75, 3.05) is 0 Å². The van der Waals surface area contributed by atoms with Gasteiger partial charge in [-0.2, -0.15) is 5.10 Å². The van der Waals surface area contributed by atoms with Gasteiger partial charge in [0.25, 0.3) is 0 Å². The average Bonchev–Trinajstić information content (AvgIpc) is 3.10. The second-order valence-corrected chi connectivity index (χ2v) is 6.56. The summed E-state index contributed by atoms with van der Waals surface area (Å²) in [5, 5.41) is 7.33. The predicted molar refractivity (Wildman–Crippen MR) is 94.6 cm³/mol. The van der Waals surface area contributed by atoms with Crippen LogP contribution in [-0.4, -0.2) is 20.7 Å². The SMILES string of the molecule is Cc1nn(CCC(=O)NC(C)c2nc3ccccc3o2)c(C)c1Br. The van der Waals surface area contributed by atoms with Crippen LogP contribution in [-0.2, 0) is 11.3 Å². The number of nitrogens with zero attached hydrogens (tertiary/aromatic N) is 3. The topological polar surface area (TPSA) is 73.0 Å². The number of aryl methyl sites for hydroxylation is 2. The van der Waals surface area contributed by atoms with E-state index in [2.05, 4.69) is 31.3 Å². The van der Waals surface area contributed by atoms with E-state index < -0.39 is 0 Å². The van der Waals surface area contributed by atoms with Crippen LogP contribution in [0.4, 0.5) is 0 Å². The van der Waals surface area contributed by atoms with Gasteiger partial charge in [0.15, 0.2) is 5.58 Å². The molecule has 0 spiro atoms. The van der Waals surface area contributed by atoms with Gasteiger partial charge in [-0.3, -0.25) is 9.48 Å². The number of carbonyl (C=O) groups excluding carboxylic acids is 1. The molecule has 0 saturated heterocycles. The van der Waals surface area contributed by atoms with Crippen LogP contribution in [0.1, 0.15) is 36.7 Å². The Morgan fingerprint density at radius 2 is 2.12 bits per heavy atom. The highest BCUT2D eigenvalue weighted by molar-refractivity contribution is 9.10. The van der Waals surface area contributed by atoms with Crippen molar-refractivity contribution >= 4 is 32.9 Å². The van der Waals surface area contributed by atoms with E-state index in [4.69, 9.17) is 4.42 Å². The largest absolute Gasteiger partial charge is 0.438 e. The van der Waals surface area contributed by atoms with Crippen LogP contribution >= 0.6 is 15.9 Å². The van der Waals surface area contributed by atoms with Crippen LogP contribution in [0.15, 0.2) is 33.2 Å². The quantitative estimate of drug-likeness (QED) is 0.720. The number of halogens is 1. The number of nitrogens with one attached hydrogen (secondary N) is 1. The predicted octanol–water partition coefficient (Wildman–Crippen LogP) is 3.67. The van der Waals surface area contributed by atoms with Crippen LogP contribution in [0.25, 0.3) is 11.1 Å². The molecule has 1 atom stereocenters. The van der Waals surface area contributed by atoms with Crippen LogP contribution in [0.2, 0.25) is 0 Å². The molecule has 0 aliphatic rings. The lowest BCUT2D eigenvalue weighted by atomic mass is 10.3. The third kappa shape index (κ3) is 3.36. The number of para-hydroxylation sites is 2. The molecule has 24 heavy (non-hydrogen) atoms. The number of carbonyl (C=O) groups is 1. The number of benzene rings is 1. The zero-order chi connectivity index (χ0) is 17.3. The van der Waals surface area contributed by atoms with Gasteiger partial charge in [-0.15, -0.1) is 0 Å². The zero-order valence-corrected chi connectivity index (χ0v) is 15.4. The summed E-state index contributed by atoms with van der Waals surface area (Å²) in [6.45, 7) is 6.30. The summed E-state index contributed by atoms with van der Waals surface area (Å²) in [6, 6.07) is 7.27. The van der Waals surface area contributed by atoms with Crippen molar-refractivity contribution in [3.63, 3.8) is 0 Å². The van der Waals surface area contributed by atoms with E-state index in [0.29, 0.717) is 18.9 Å². The standard InChI is InChI=1S/C17H19BrN4O2/c1-10-16(18)12(3)22(21-10)9-8-15(23)19-11(2)17-20-13-6-4-5-7-14(13)24-17/h4-7,11H,8-9H2,1-3H3,(H,19,23). The van der Waals surface area contributed by atoms with Crippen LogP contribution < -0.4 is 5.32 Å². The molecular formula is C17H19BrN4O2. The molecule has 7 heteroatoms. The van der Waals surface area contributed by atoms with Gasteiger partial charge in [-0.25, -0.2) is 4.98 Å². The zero-order valence-electron chi connectivity index (χ0n) is 13.8. The number of hydrogen-bond acceptors (Lipinski definition) is 4. The smallest absolute Gasteiger partial charge is 0.222 e. The molecule has 0 aliphatic carbocycles. The highest BCUT2D eigenvalue weighted by Crippen LogP contribution is 2.21. The summed E-state index contributed by atoms with van der Waals surface area (Å²) in [4.78, 5) is 16.6. The van der Waals surface area contributed by atoms with E-state index in [0.717, 1.165) is 27.0 Å². The molecule has 0 saturated carbocycles. The lowest BCUT2D eigenvalue weighted by molar-refractivity contribution is -0.122. The molecule has 1 N–H and O–H groups in total. The molecule has 1 amide bonds. The van der Waals surface area contributed by atoms with Gasteiger partial charge in [-0.1, -0.05) is 12.1 Å². The maximum Gasteiger partial charge on any atom is 0.222 e. The van der Waals surface area contributed by atoms with Crippen molar-refractivity contribution in [1.82, 2.24) is 20.1 Å². The minimum atomic E-state index is -0.280. The van der Waals surface area contributed by atoms with E-state index in [-0.39, 0.29) is 11.9 Å². The fraction of sp³-hybridized carbons (Fsp3) is 0.353. The Labute approximate surface area is 148 Å². The van der Waals surface area contributed by atoms with Crippen molar-refractivity contribution in [2.24, 2.45) is 0 Å². The Kier molecular flexibility index (Phi) is 4.71. The first-order valence-corrected chi connectivity index (χ1v) is 8.59. The van der Waals surface area contributed by atoms with Gasteiger partial charge in [-0.05, 0) is 48.8 Å². The number of hydrogen-bond donors (Lipinski definition) is 1. The first-order chi connectivity index (χ1) is 11.5. The lowest BCUT2D eigenvalue weighted by Crippen LogP contribution is -2.27. The van der Waals surface area contributed by atoms with Gasteiger partial charge in [0.05, 0.1) is 16.7 Å². The summed E-state index contributed by atoms with van der Waals surface area (Å²) in [6.07, 6.45) is 0.346. The van der Waals surface area contributed by atoms with Gasteiger partial charge in [0.1, 0.15) is 11.6 Å². The number of oxazole rings is 1. The molecule has 0 aliphatic heterocycles. The molecule has 126 valence electrons. The van der Waals surface area contributed by atoms with Gasteiger partial charge < -0.3 is 9.73 Å². The van der Waals surface area contributed by atoms with Crippen molar-refractivity contribution in [1.29, 1.82) is 0 Å². The molecule has 1 aromatic carbocycles. The fourth-order valence-electron chi connectivity index (χ4n) is 2.55. The van der Waals surface area contributed by atoms with Gasteiger partial charge in [0.2, 0.25) is 11.8 Å². The first kappa shape index (κ1) is 16.7. The maximum atomic E-state index is 12.2. The van der Waals surface area contributed by atoms with E-state index in [1.54, 1.807) is 0 Å². The molecule has 2 heterocycles. The van der Waals surface area contributed by atoms with Crippen LogP contribution in [0.3, 0.4) is 0 Å². The van der Waals surface area contributed by atoms with E-state index in [1.165, 1.54) is 0 Å². The number of amides is 1.